The molecule has 17 heavy (non-hydrogen) atoms. The molecule has 0 saturated carbocycles. The summed E-state index contributed by atoms with van der Waals surface area (Å²) in [7, 11) is 1.36. The van der Waals surface area contributed by atoms with E-state index in [1.807, 2.05) is 24.4 Å². The zero-order chi connectivity index (χ0) is 12.5. The minimum Gasteiger partial charge on any atom is -0.469 e. The third-order valence-corrected chi connectivity index (χ3v) is 2.78. The van der Waals surface area contributed by atoms with E-state index in [1.54, 1.807) is 17.6 Å². The molecule has 0 unspecified atom stereocenters. The Bertz CT molecular complexity index is 545. The smallest absolute Gasteiger partial charge is 0.307 e. The van der Waals surface area contributed by atoms with Crippen LogP contribution in [0.2, 0.25) is 0 Å². The van der Waals surface area contributed by atoms with Crippen molar-refractivity contribution in [1.29, 1.82) is 0 Å². The summed E-state index contributed by atoms with van der Waals surface area (Å²) in [5.41, 5.74) is 7.13. The second-order valence-electron chi connectivity index (χ2n) is 4.26. The van der Waals surface area contributed by atoms with Gasteiger partial charge >= 0.3 is 5.97 Å². The molecule has 0 spiro atoms. The lowest BCUT2D eigenvalue weighted by molar-refractivity contribution is -0.141. The number of carbonyl (C=O) groups excluding carboxylic acids is 1. The van der Waals surface area contributed by atoms with Gasteiger partial charge in [0.15, 0.2) is 0 Å². The third kappa shape index (κ3) is 2.14. The van der Waals surface area contributed by atoms with Crippen molar-refractivity contribution in [3.05, 3.63) is 36.2 Å². The van der Waals surface area contributed by atoms with E-state index in [0.29, 0.717) is 0 Å². The number of nitrogens with zero attached hydrogens (tertiary/aromatic N) is 2. The standard InChI is InChI=1S/C12H15N3O2/c1-12(13,7-11(16)17-2)9-8-14-15-6-4-3-5-10(9)15/h3-6,8H,7,13H2,1-2H3/t12-/m0/s1. The van der Waals surface area contributed by atoms with E-state index in [2.05, 4.69) is 9.84 Å². The molecule has 5 nitrogen and oxygen atoms in total. The molecule has 0 aliphatic carbocycles. The van der Waals surface area contributed by atoms with E-state index in [4.69, 9.17) is 5.73 Å². The third-order valence-electron chi connectivity index (χ3n) is 2.78. The Balaban J connectivity index is 2.41. The Morgan fingerprint density at radius 3 is 3.06 bits per heavy atom. The average molecular weight is 233 g/mol. The van der Waals surface area contributed by atoms with Gasteiger partial charge in [-0.2, -0.15) is 5.10 Å². The van der Waals surface area contributed by atoms with Gasteiger partial charge in [0.1, 0.15) is 0 Å². The topological polar surface area (TPSA) is 69.6 Å². The lowest BCUT2D eigenvalue weighted by Gasteiger charge is -2.22. The van der Waals surface area contributed by atoms with Gasteiger partial charge in [-0.25, -0.2) is 4.52 Å². The fraction of sp³-hybridized carbons (Fsp3) is 0.333. The maximum Gasteiger partial charge on any atom is 0.307 e. The fourth-order valence-corrected chi connectivity index (χ4v) is 1.84. The molecule has 2 rings (SSSR count). The monoisotopic (exact) mass is 233 g/mol. The van der Waals surface area contributed by atoms with E-state index in [9.17, 15) is 4.79 Å². The van der Waals surface area contributed by atoms with Crippen molar-refractivity contribution in [2.45, 2.75) is 18.9 Å². The van der Waals surface area contributed by atoms with E-state index in [0.717, 1.165) is 11.1 Å². The van der Waals surface area contributed by atoms with Crippen molar-refractivity contribution in [2.75, 3.05) is 7.11 Å². The molecular weight excluding hydrogens is 218 g/mol. The summed E-state index contributed by atoms with van der Waals surface area (Å²) in [5, 5.41) is 4.20. The Labute approximate surface area is 99.2 Å². The number of fused-ring (bicyclic) bond motifs is 1. The fourth-order valence-electron chi connectivity index (χ4n) is 1.84. The summed E-state index contributed by atoms with van der Waals surface area (Å²) in [4.78, 5) is 11.3. The number of aromatic nitrogens is 2. The molecule has 2 heterocycles. The molecule has 0 amide bonds. The van der Waals surface area contributed by atoms with E-state index in [-0.39, 0.29) is 12.4 Å². The first-order chi connectivity index (χ1) is 8.04. The van der Waals surface area contributed by atoms with Gasteiger partial charge in [0, 0.05) is 11.8 Å². The minimum absolute atomic E-state index is 0.125. The largest absolute Gasteiger partial charge is 0.469 e. The van der Waals surface area contributed by atoms with Gasteiger partial charge in [0.2, 0.25) is 0 Å². The van der Waals surface area contributed by atoms with Crippen molar-refractivity contribution in [2.24, 2.45) is 5.73 Å². The lowest BCUT2D eigenvalue weighted by Crippen LogP contribution is -2.35. The van der Waals surface area contributed by atoms with Crippen LogP contribution in [-0.2, 0) is 15.1 Å². The van der Waals surface area contributed by atoms with Crippen molar-refractivity contribution in [3.8, 4) is 0 Å². The number of rotatable bonds is 3. The van der Waals surface area contributed by atoms with Gasteiger partial charge in [-0.1, -0.05) is 6.07 Å². The predicted molar refractivity (Wildman–Crippen MR) is 63.4 cm³/mol. The summed E-state index contributed by atoms with van der Waals surface area (Å²) in [5.74, 6) is -0.328. The second-order valence-corrected chi connectivity index (χ2v) is 4.26. The van der Waals surface area contributed by atoms with Gasteiger partial charge in [0.05, 0.1) is 30.8 Å². The highest BCUT2D eigenvalue weighted by atomic mass is 16.5. The molecule has 5 heteroatoms. The highest BCUT2D eigenvalue weighted by Crippen LogP contribution is 2.25. The van der Waals surface area contributed by atoms with Crippen LogP contribution in [0.5, 0.6) is 0 Å². The summed E-state index contributed by atoms with van der Waals surface area (Å²) < 4.78 is 6.38. The number of carbonyl (C=O) groups is 1. The maximum atomic E-state index is 11.3. The van der Waals surface area contributed by atoms with Crippen molar-refractivity contribution in [3.63, 3.8) is 0 Å². The van der Waals surface area contributed by atoms with Gasteiger partial charge < -0.3 is 10.5 Å². The molecule has 0 aromatic carbocycles. The van der Waals surface area contributed by atoms with Crippen LogP contribution < -0.4 is 5.73 Å². The van der Waals surface area contributed by atoms with Crippen LogP contribution in [0.1, 0.15) is 18.9 Å². The Morgan fingerprint density at radius 2 is 2.35 bits per heavy atom. The number of pyridine rings is 1. The van der Waals surface area contributed by atoms with Gasteiger partial charge in [-0.05, 0) is 19.1 Å². The first-order valence-electron chi connectivity index (χ1n) is 5.33. The molecule has 0 saturated heterocycles. The number of hydrogen-bond donors (Lipinski definition) is 1. The summed E-state index contributed by atoms with van der Waals surface area (Å²) in [6, 6.07) is 5.72. The van der Waals surface area contributed by atoms with Crippen LogP contribution in [0, 0.1) is 0 Å². The number of ether oxygens (including phenoxy) is 1. The Kier molecular flexibility index (Phi) is 2.85. The highest BCUT2D eigenvalue weighted by molar-refractivity contribution is 5.72. The molecule has 2 aromatic heterocycles. The first kappa shape index (κ1) is 11.6. The van der Waals surface area contributed by atoms with E-state index >= 15 is 0 Å². The maximum absolute atomic E-state index is 11.3. The predicted octanol–water partition coefficient (Wildman–Crippen LogP) is 1.07. The molecule has 0 radical (unpaired) electrons. The Morgan fingerprint density at radius 1 is 1.59 bits per heavy atom. The lowest BCUT2D eigenvalue weighted by atomic mass is 9.91. The summed E-state index contributed by atoms with van der Waals surface area (Å²) in [6.07, 6.45) is 3.66. The molecule has 90 valence electrons. The molecule has 2 aromatic rings. The molecule has 0 bridgehead atoms. The quantitative estimate of drug-likeness (QED) is 0.805. The highest BCUT2D eigenvalue weighted by Gasteiger charge is 2.28. The van der Waals surface area contributed by atoms with Crippen molar-refractivity contribution in [1.82, 2.24) is 9.61 Å². The number of methoxy groups -OCH3 is 1. The SMILES string of the molecule is COC(=O)C[C@](C)(N)c1cnn2ccccc12. The van der Waals surface area contributed by atoms with Crippen LogP contribution in [0.3, 0.4) is 0 Å². The Hall–Kier alpha value is -1.88. The minimum atomic E-state index is -0.782. The first-order valence-corrected chi connectivity index (χ1v) is 5.33. The van der Waals surface area contributed by atoms with Gasteiger partial charge in [-0.15, -0.1) is 0 Å². The zero-order valence-corrected chi connectivity index (χ0v) is 9.88. The number of hydrogen-bond acceptors (Lipinski definition) is 4. The molecule has 0 fully saturated rings. The van der Waals surface area contributed by atoms with Crippen LogP contribution in [-0.4, -0.2) is 22.7 Å². The van der Waals surface area contributed by atoms with Crippen LogP contribution >= 0.6 is 0 Å². The van der Waals surface area contributed by atoms with Crippen LogP contribution in [0.25, 0.3) is 5.52 Å². The van der Waals surface area contributed by atoms with E-state index < -0.39 is 5.54 Å². The zero-order valence-electron chi connectivity index (χ0n) is 9.88. The summed E-state index contributed by atoms with van der Waals surface area (Å²) in [6.45, 7) is 1.80. The normalized spacial score (nSPS) is 14.5. The number of nitrogens with two attached hydrogens (primary N) is 1. The molecule has 2 N–H and O–H groups in total. The van der Waals surface area contributed by atoms with Crippen LogP contribution in [0.15, 0.2) is 30.6 Å². The molecule has 1 atom stereocenters. The van der Waals surface area contributed by atoms with Crippen molar-refractivity contribution < 1.29 is 9.53 Å². The van der Waals surface area contributed by atoms with Gasteiger partial charge in [0.25, 0.3) is 0 Å². The van der Waals surface area contributed by atoms with E-state index in [1.165, 1.54) is 7.11 Å². The average Bonchev–Trinajstić information content (AvgIpc) is 2.72. The molecule has 0 aliphatic heterocycles. The molecular formula is C12H15N3O2. The number of esters is 1. The van der Waals surface area contributed by atoms with Crippen molar-refractivity contribution >= 4 is 11.5 Å². The molecule has 0 aliphatic rings. The summed E-state index contributed by atoms with van der Waals surface area (Å²) >= 11 is 0. The van der Waals surface area contributed by atoms with Gasteiger partial charge in [-0.3, -0.25) is 4.79 Å². The second kappa shape index (κ2) is 4.18. The van der Waals surface area contributed by atoms with Crippen LogP contribution in [0.4, 0.5) is 0 Å².